The third-order valence-corrected chi connectivity index (χ3v) is 6.93. The van der Waals surface area contributed by atoms with Crippen molar-refractivity contribution in [2.24, 2.45) is 0 Å². The van der Waals surface area contributed by atoms with E-state index in [9.17, 15) is 14.4 Å². The van der Waals surface area contributed by atoms with Gasteiger partial charge >= 0.3 is 0 Å². The van der Waals surface area contributed by atoms with E-state index in [1.807, 2.05) is 29.2 Å². The number of hydrogen-bond donors (Lipinski definition) is 1. The first-order valence-electron chi connectivity index (χ1n) is 10.9. The summed E-state index contributed by atoms with van der Waals surface area (Å²) in [5.41, 5.74) is 1.24. The molecule has 2 heterocycles. The van der Waals surface area contributed by atoms with E-state index in [1.54, 1.807) is 31.4 Å². The van der Waals surface area contributed by atoms with Gasteiger partial charge in [0.15, 0.2) is 5.25 Å². The molecule has 0 radical (unpaired) electrons. The second-order valence-corrected chi connectivity index (χ2v) is 9.06. The fourth-order valence-electron chi connectivity index (χ4n) is 4.04. The molecule has 1 atom stereocenters. The first-order valence-corrected chi connectivity index (χ1v) is 11.7. The van der Waals surface area contributed by atoms with Crippen LogP contribution in [0, 0.1) is 0 Å². The Morgan fingerprint density at radius 1 is 1.06 bits per heavy atom. The van der Waals surface area contributed by atoms with Crippen molar-refractivity contribution in [2.45, 2.75) is 35.8 Å². The van der Waals surface area contributed by atoms with Gasteiger partial charge in [0, 0.05) is 29.7 Å². The number of likely N-dealkylation sites (tertiary alicyclic amines) is 1. The summed E-state index contributed by atoms with van der Waals surface area (Å²) >= 11 is 1.28. The van der Waals surface area contributed by atoms with Crippen LogP contribution in [-0.4, -0.2) is 54.6 Å². The van der Waals surface area contributed by atoms with E-state index >= 15 is 0 Å². The van der Waals surface area contributed by atoms with Crippen molar-refractivity contribution < 1.29 is 19.1 Å². The molecule has 1 N–H and O–H groups in total. The SMILES string of the molecule is COc1cccc(NC(=O)CN2C(=O)C(C(=O)N3CCCCCC3)Sc3ccccc32)c1. The van der Waals surface area contributed by atoms with Crippen molar-refractivity contribution in [3.63, 3.8) is 0 Å². The van der Waals surface area contributed by atoms with Gasteiger partial charge in [0.25, 0.3) is 5.91 Å². The van der Waals surface area contributed by atoms with E-state index in [-0.39, 0.29) is 24.3 Å². The molecule has 0 bridgehead atoms. The minimum Gasteiger partial charge on any atom is -0.497 e. The molecule has 1 saturated heterocycles. The lowest BCUT2D eigenvalue weighted by Crippen LogP contribution is -2.51. The van der Waals surface area contributed by atoms with Gasteiger partial charge in [0.05, 0.1) is 12.8 Å². The van der Waals surface area contributed by atoms with Crippen LogP contribution in [0.3, 0.4) is 0 Å². The van der Waals surface area contributed by atoms with Crippen LogP contribution >= 0.6 is 11.8 Å². The zero-order chi connectivity index (χ0) is 22.5. The Morgan fingerprint density at radius 2 is 1.81 bits per heavy atom. The quantitative estimate of drug-likeness (QED) is 0.701. The number of nitrogens with zero attached hydrogens (tertiary/aromatic N) is 2. The van der Waals surface area contributed by atoms with Crippen molar-refractivity contribution in [1.82, 2.24) is 4.90 Å². The highest BCUT2D eigenvalue weighted by atomic mass is 32.2. The van der Waals surface area contributed by atoms with Crippen LogP contribution in [0.2, 0.25) is 0 Å². The number of benzene rings is 2. The van der Waals surface area contributed by atoms with Crippen LogP contribution in [0.4, 0.5) is 11.4 Å². The maximum absolute atomic E-state index is 13.4. The monoisotopic (exact) mass is 453 g/mol. The summed E-state index contributed by atoms with van der Waals surface area (Å²) in [6.07, 6.45) is 4.13. The lowest BCUT2D eigenvalue weighted by atomic mass is 10.2. The van der Waals surface area contributed by atoms with E-state index in [2.05, 4.69) is 5.32 Å². The molecule has 8 heteroatoms. The average molecular weight is 454 g/mol. The van der Waals surface area contributed by atoms with Crippen LogP contribution in [0.1, 0.15) is 25.7 Å². The van der Waals surface area contributed by atoms with E-state index in [0.717, 1.165) is 30.6 Å². The molecule has 0 aliphatic carbocycles. The number of hydrogen-bond acceptors (Lipinski definition) is 5. The molecule has 168 valence electrons. The maximum atomic E-state index is 13.4. The number of ether oxygens (including phenoxy) is 1. The van der Waals surface area contributed by atoms with E-state index in [1.165, 1.54) is 16.7 Å². The van der Waals surface area contributed by atoms with Gasteiger partial charge in [-0.2, -0.15) is 0 Å². The Bertz CT molecular complexity index is 1000. The Balaban J connectivity index is 1.53. The summed E-state index contributed by atoms with van der Waals surface area (Å²) in [6.45, 7) is 1.19. The van der Waals surface area contributed by atoms with Gasteiger partial charge in [0.2, 0.25) is 11.8 Å². The fraction of sp³-hybridized carbons (Fsp3) is 0.375. The second-order valence-electron chi connectivity index (χ2n) is 7.91. The summed E-state index contributed by atoms with van der Waals surface area (Å²) in [5, 5.41) is 1.95. The Labute approximate surface area is 192 Å². The molecule has 2 aliphatic heterocycles. The molecule has 2 aromatic rings. The largest absolute Gasteiger partial charge is 0.497 e. The maximum Gasteiger partial charge on any atom is 0.250 e. The number of carbonyl (C=O) groups is 3. The molecule has 0 saturated carbocycles. The third-order valence-electron chi connectivity index (χ3n) is 5.69. The highest BCUT2D eigenvalue weighted by Gasteiger charge is 2.40. The minimum absolute atomic E-state index is 0.158. The number of carbonyl (C=O) groups excluding carboxylic acids is 3. The first kappa shape index (κ1) is 22.2. The average Bonchev–Trinajstić information content (AvgIpc) is 3.10. The van der Waals surface area contributed by atoms with E-state index in [0.29, 0.717) is 30.2 Å². The zero-order valence-corrected chi connectivity index (χ0v) is 18.9. The number of thioether (sulfide) groups is 1. The number of methoxy groups -OCH3 is 1. The van der Waals surface area contributed by atoms with Gasteiger partial charge in [-0.3, -0.25) is 14.4 Å². The van der Waals surface area contributed by atoms with Crippen molar-refractivity contribution in [3.05, 3.63) is 48.5 Å². The molecule has 0 spiro atoms. The van der Waals surface area contributed by atoms with Crippen molar-refractivity contribution in [2.75, 3.05) is 37.0 Å². The van der Waals surface area contributed by atoms with Crippen LogP contribution in [0.15, 0.2) is 53.4 Å². The number of para-hydroxylation sites is 1. The van der Waals surface area contributed by atoms with Crippen LogP contribution in [-0.2, 0) is 14.4 Å². The predicted octanol–water partition coefficient (Wildman–Crippen LogP) is 3.54. The van der Waals surface area contributed by atoms with E-state index in [4.69, 9.17) is 4.74 Å². The minimum atomic E-state index is -0.868. The van der Waals surface area contributed by atoms with Gasteiger partial charge in [0.1, 0.15) is 12.3 Å². The standard InChI is InChI=1S/C24H27N3O4S/c1-31-18-10-8-9-17(15-18)25-21(28)16-27-19-11-4-5-12-20(19)32-22(24(27)30)23(29)26-13-6-2-3-7-14-26/h4-5,8-12,15,22H,2-3,6-7,13-14,16H2,1H3,(H,25,28). The number of anilines is 2. The molecule has 2 aromatic carbocycles. The molecular weight excluding hydrogens is 426 g/mol. The van der Waals surface area contributed by atoms with Gasteiger partial charge in [-0.05, 0) is 37.1 Å². The molecule has 1 fully saturated rings. The predicted molar refractivity (Wildman–Crippen MR) is 125 cm³/mol. The van der Waals surface area contributed by atoms with Crippen LogP contribution in [0.25, 0.3) is 0 Å². The summed E-state index contributed by atoms with van der Waals surface area (Å²) in [6, 6.07) is 14.5. The number of nitrogens with one attached hydrogen (secondary N) is 1. The summed E-state index contributed by atoms with van der Waals surface area (Å²) in [5.74, 6) is -0.214. The molecule has 4 rings (SSSR count). The zero-order valence-electron chi connectivity index (χ0n) is 18.1. The lowest BCUT2D eigenvalue weighted by molar-refractivity contribution is -0.135. The molecular formula is C24H27N3O4S. The third kappa shape index (κ3) is 4.91. The molecule has 7 nitrogen and oxygen atoms in total. The van der Waals surface area contributed by atoms with Gasteiger partial charge < -0.3 is 19.9 Å². The molecule has 32 heavy (non-hydrogen) atoms. The Morgan fingerprint density at radius 3 is 2.56 bits per heavy atom. The first-order chi connectivity index (χ1) is 15.6. The second kappa shape index (κ2) is 10.1. The molecule has 1 unspecified atom stereocenters. The highest BCUT2D eigenvalue weighted by Crippen LogP contribution is 2.40. The van der Waals surface area contributed by atoms with Crippen molar-refractivity contribution in [1.29, 1.82) is 0 Å². The normalized spacial score (nSPS) is 18.5. The Kier molecular flexibility index (Phi) is 6.99. The molecule has 0 aromatic heterocycles. The van der Waals surface area contributed by atoms with E-state index < -0.39 is 5.25 Å². The Hall–Kier alpha value is -3.00. The summed E-state index contributed by atoms with van der Waals surface area (Å²) in [4.78, 5) is 43.5. The van der Waals surface area contributed by atoms with Gasteiger partial charge in [-0.15, -0.1) is 11.8 Å². The smallest absolute Gasteiger partial charge is 0.250 e. The van der Waals surface area contributed by atoms with Gasteiger partial charge in [-0.1, -0.05) is 31.0 Å². The number of fused-ring (bicyclic) bond motifs is 1. The number of rotatable bonds is 5. The number of amides is 3. The van der Waals surface area contributed by atoms with Crippen LogP contribution < -0.4 is 15.0 Å². The van der Waals surface area contributed by atoms with Crippen LogP contribution in [0.5, 0.6) is 5.75 Å². The molecule has 2 aliphatic rings. The lowest BCUT2D eigenvalue weighted by Gasteiger charge is -2.34. The van der Waals surface area contributed by atoms with Crippen molar-refractivity contribution >= 4 is 40.9 Å². The fourth-order valence-corrected chi connectivity index (χ4v) is 5.23. The van der Waals surface area contributed by atoms with Gasteiger partial charge in [-0.25, -0.2) is 0 Å². The highest BCUT2D eigenvalue weighted by molar-refractivity contribution is 8.01. The molecule has 3 amide bonds. The summed E-state index contributed by atoms with van der Waals surface area (Å²) in [7, 11) is 1.56. The topological polar surface area (TPSA) is 79.0 Å². The van der Waals surface area contributed by atoms with Crippen molar-refractivity contribution in [3.8, 4) is 5.75 Å². The summed E-state index contributed by atoms with van der Waals surface area (Å²) < 4.78 is 5.20.